The minimum atomic E-state index is -0.593. The van der Waals surface area contributed by atoms with Gasteiger partial charge in [-0.2, -0.15) is 0 Å². The number of hydrogen-bond acceptors (Lipinski definition) is 4. The molecule has 0 amide bonds. The molecule has 6 heteroatoms. The van der Waals surface area contributed by atoms with Gasteiger partial charge in [-0.05, 0) is 46.2 Å². The number of benzene rings is 2. The van der Waals surface area contributed by atoms with Gasteiger partial charge < -0.3 is 14.0 Å². The molecule has 0 unspecified atom stereocenters. The second kappa shape index (κ2) is 8.19. The van der Waals surface area contributed by atoms with Gasteiger partial charge in [-0.1, -0.05) is 42.0 Å². The van der Waals surface area contributed by atoms with Crippen molar-refractivity contribution in [3.8, 4) is 5.75 Å². The zero-order valence-electron chi connectivity index (χ0n) is 18.1. The molecule has 4 nitrogen and oxygen atoms in total. The van der Waals surface area contributed by atoms with Crippen molar-refractivity contribution in [2.24, 2.45) is 0 Å². The van der Waals surface area contributed by atoms with E-state index in [0.717, 1.165) is 22.4 Å². The Labute approximate surface area is 181 Å². The third kappa shape index (κ3) is 4.38. The molecule has 0 saturated heterocycles. The first-order valence-electron chi connectivity index (χ1n) is 9.72. The van der Waals surface area contributed by atoms with Crippen LogP contribution >= 0.6 is 12.2 Å². The molecule has 158 valence electrons. The highest BCUT2D eigenvalue weighted by Gasteiger charge is 2.24. The van der Waals surface area contributed by atoms with Crippen molar-refractivity contribution >= 4 is 34.1 Å². The van der Waals surface area contributed by atoms with Gasteiger partial charge in [0.1, 0.15) is 10.6 Å². The third-order valence-corrected chi connectivity index (χ3v) is 5.27. The number of halogens is 1. The Morgan fingerprint density at radius 3 is 2.33 bits per heavy atom. The first-order chi connectivity index (χ1) is 14.0. The minimum absolute atomic E-state index is 0.0535. The lowest BCUT2D eigenvalue weighted by molar-refractivity contribution is -0.153. The van der Waals surface area contributed by atoms with Gasteiger partial charge in [-0.3, -0.25) is 4.79 Å². The Balaban J connectivity index is 2.18. The van der Waals surface area contributed by atoms with E-state index < -0.39 is 11.4 Å². The van der Waals surface area contributed by atoms with Crippen molar-refractivity contribution < 1.29 is 18.7 Å². The molecular formula is C24H26FNO3S. The van der Waals surface area contributed by atoms with E-state index in [0.29, 0.717) is 15.9 Å². The van der Waals surface area contributed by atoms with Crippen molar-refractivity contribution in [1.82, 2.24) is 4.57 Å². The van der Waals surface area contributed by atoms with E-state index in [-0.39, 0.29) is 18.1 Å². The van der Waals surface area contributed by atoms with E-state index in [2.05, 4.69) is 0 Å². The second-order valence-corrected chi connectivity index (χ2v) is 8.72. The average molecular weight is 428 g/mol. The van der Waals surface area contributed by atoms with Crippen molar-refractivity contribution in [1.29, 1.82) is 0 Å². The fourth-order valence-corrected chi connectivity index (χ4v) is 3.84. The van der Waals surface area contributed by atoms with E-state index in [1.54, 1.807) is 6.07 Å². The van der Waals surface area contributed by atoms with Gasteiger partial charge in [0.25, 0.3) is 0 Å². The number of fused-ring (bicyclic) bond motifs is 1. The molecule has 0 aliphatic carbocycles. The van der Waals surface area contributed by atoms with Crippen molar-refractivity contribution in [3.63, 3.8) is 0 Å². The summed E-state index contributed by atoms with van der Waals surface area (Å²) in [4.78, 5) is 13.1. The van der Waals surface area contributed by atoms with E-state index in [1.807, 2.05) is 63.5 Å². The van der Waals surface area contributed by atoms with Gasteiger partial charge >= 0.3 is 5.97 Å². The highest BCUT2D eigenvalue weighted by atomic mass is 32.1. The number of aryl methyl sites for hydroxylation is 1. The molecule has 0 aliphatic rings. The molecule has 0 fully saturated rings. The maximum Gasteiger partial charge on any atom is 0.310 e. The largest absolute Gasteiger partial charge is 0.494 e. The SMILES string of the molecule is COc1cc2c(CC(=O)OC(C)(C)C)c(C)n(C(=S)c3ccc(C)cc3)c2cc1F. The van der Waals surface area contributed by atoms with Crippen LogP contribution in [0.15, 0.2) is 36.4 Å². The number of hydrogen-bond donors (Lipinski definition) is 0. The number of ether oxygens (including phenoxy) is 2. The number of thiocarbonyl (C=S) groups is 1. The number of carbonyl (C=O) groups is 1. The summed E-state index contributed by atoms with van der Waals surface area (Å²) in [5, 5.41) is 0.714. The van der Waals surface area contributed by atoms with Crippen molar-refractivity contribution in [3.05, 3.63) is 64.6 Å². The smallest absolute Gasteiger partial charge is 0.310 e. The summed E-state index contributed by atoms with van der Waals surface area (Å²) in [6, 6.07) is 10.9. The summed E-state index contributed by atoms with van der Waals surface area (Å²) in [7, 11) is 1.42. The van der Waals surface area contributed by atoms with E-state index in [1.165, 1.54) is 13.2 Å². The predicted molar refractivity (Wildman–Crippen MR) is 121 cm³/mol. The van der Waals surface area contributed by atoms with Crippen LogP contribution in [0.1, 0.15) is 43.2 Å². The van der Waals surface area contributed by atoms with Crippen molar-refractivity contribution in [2.45, 2.75) is 46.6 Å². The molecule has 0 saturated carbocycles. The van der Waals surface area contributed by atoms with E-state index in [9.17, 15) is 9.18 Å². The molecule has 1 heterocycles. The van der Waals surface area contributed by atoms with E-state index in [4.69, 9.17) is 21.7 Å². The summed E-state index contributed by atoms with van der Waals surface area (Å²) in [5.74, 6) is -0.722. The quantitative estimate of drug-likeness (QED) is 0.406. The Morgan fingerprint density at radius 1 is 1.13 bits per heavy atom. The Bertz CT molecular complexity index is 1120. The zero-order valence-corrected chi connectivity index (χ0v) is 18.9. The highest BCUT2D eigenvalue weighted by molar-refractivity contribution is 7.80. The Kier molecular flexibility index (Phi) is 5.99. The Morgan fingerprint density at radius 2 is 1.77 bits per heavy atom. The van der Waals surface area contributed by atoms with Crippen LogP contribution in [0.25, 0.3) is 10.9 Å². The molecule has 0 aliphatic heterocycles. The van der Waals surface area contributed by atoms with Crippen LogP contribution in [-0.4, -0.2) is 28.2 Å². The normalized spacial score (nSPS) is 11.6. The summed E-state index contributed by atoms with van der Waals surface area (Å²) in [6.07, 6.45) is 0.0535. The van der Waals surface area contributed by atoms with Gasteiger partial charge in [0.2, 0.25) is 0 Å². The van der Waals surface area contributed by atoms with Gasteiger partial charge in [0.15, 0.2) is 11.6 Å². The molecule has 2 aromatic carbocycles. The maximum absolute atomic E-state index is 14.6. The van der Waals surface area contributed by atoms with Crippen LogP contribution in [0.3, 0.4) is 0 Å². The van der Waals surface area contributed by atoms with Gasteiger partial charge in [0.05, 0.1) is 19.0 Å². The molecule has 0 N–H and O–H groups in total. The standard InChI is InChI=1S/C24H26FNO3S/c1-14-7-9-16(10-8-14)23(30)26-15(2)17(12-22(27)29-24(3,4)5)18-11-21(28-6)19(25)13-20(18)26/h7-11,13H,12H2,1-6H3. The fourth-order valence-electron chi connectivity index (χ4n) is 3.47. The Hall–Kier alpha value is -2.73. The summed E-state index contributed by atoms with van der Waals surface area (Å²) < 4.78 is 27.1. The monoisotopic (exact) mass is 427 g/mol. The third-order valence-electron chi connectivity index (χ3n) is 4.85. The molecular weight excluding hydrogens is 401 g/mol. The van der Waals surface area contributed by atoms with Crippen LogP contribution < -0.4 is 4.74 Å². The lowest BCUT2D eigenvalue weighted by atomic mass is 10.1. The summed E-state index contributed by atoms with van der Waals surface area (Å²) in [5.41, 5.74) is 3.48. The van der Waals surface area contributed by atoms with Crippen LogP contribution in [-0.2, 0) is 16.0 Å². The second-order valence-electron chi connectivity index (χ2n) is 8.34. The number of carbonyl (C=O) groups excluding carboxylic acids is 1. The van der Waals surface area contributed by atoms with E-state index >= 15 is 0 Å². The summed E-state index contributed by atoms with van der Waals surface area (Å²) in [6.45, 7) is 9.36. The molecule has 3 aromatic rings. The van der Waals surface area contributed by atoms with Crippen molar-refractivity contribution in [2.75, 3.05) is 7.11 Å². The lowest BCUT2D eigenvalue weighted by Crippen LogP contribution is -2.25. The molecule has 0 bridgehead atoms. The predicted octanol–water partition coefficient (Wildman–Crippen LogP) is 5.51. The van der Waals surface area contributed by atoms with Crippen LogP contribution in [0.5, 0.6) is 5.75 Å². The minimum Gasteiger partial charge on any atom is -0.494 e. The first-order valence-corrected chi connectivity index (χ1v) is 10.1. The molecule has 0 atom stereocenters. The average Bonchev–Trinajstić information content (AvgIpc) is 2.90. The number of esters is 1. The van der Waals surface area contributed by atoms with Gasteiger partial charge in [-0.25, -0.2) is 4.39 Å². The number of methoxy groups -OCH3 is 1. The molecule has 3 rings (SSSR count). The van der Waals surface area contributed by atoms with Gasteiger partial charge in [-0.15, -0.1) is 0 Å². The highest BCUT2D eigenvalue weighted by Crippen LogP contribution is 2.33. The fraction of sp³-hybridized carbons (Fsp3) is 0.333. The van der Waals surface area contributed by atoms with Crippen LogP contribution in [0.4, 0.5) is 4.39 Å². The molecule has 0 radical (unpaired) electrons. The molecule has 1 aromatic heterocycles. The van der Waals surface area contributed by atoms with Crippen LogP contribution in [0, 0.1) is 19.7 Å². The number of aromatic nitrogens is 1. The maximum atomic E-state index is 14.6. The lowest BCUT2D eigenvalue weighted by Gasteiger charge is -2.19. The number of rotatable bonds is 4. The van der Waals surface area contributed by atoms with Crippen LogP contribution in [0.2, 0.25) is 0 Å². The number of nitrogens with zero attached hydrogens (tertiary/aromatic N) is 1. The first kappa shape index (κ1) is 22.0. The topological polar surface area (TPSA) is 40.5 Å². The zero-order chi connectivity index (χ0) is 22.2. The summed E-state index contributed by atoms with van der Waals surface area (Å²) >= 11 is 5.76. The molecule has 30 heavy (non-hydrogen) atoms. The van der Waals surface area contributed by atoms with Gasteiger partial charge in [0, 0.05) is 22.7 Å². The molecule has 0 spiro atoms.